The monoisotopic (exact) mass is 371 g/mol. The van der Waals surface area contributed by atoms with E-state index in [2.05, 4.69) is 20.8 Å². The van der Waals surface area contributed by atoms with Gasteiger partial charge in [-0.2, -0.15) is 0 Å². The summed E-state index contributed by atoms with van der Waals surface area (Å²) >= 11 is 1.99. The van der Waals surface area contributed by atoms with Gasteiger partial charge in [-0.15, -0.1) is 11.8 Å². The molecule has 0 saturated carbocycles. The molecule has 0 aliphatic heterocycles. The van der Waals surface area contributed by atoms with Crippen molar-refractivity contribution < 1.29 is 0 Å². The highest BCUT2D eigenvalue weighted by atomic mass is 32.2. The second-order valence-corrected chi connectivity index (χ2v) is 9.43. The number of rotatable bonds is 20. The summed E-state index contributed by atoms with van der Waals surface area (Å²) in [7, 11) is 0. The summed E-state index contributed by atoms with van der Waals surface area (Å²) in [5, 5.41) is 0. The zero-order valence-corrected chi connectivity index (χ0v) is 18.7. The fourth-order valence-electron chi connectivity index (χ4n) is 3.38. The normalized spacial score (nSPS) is 12.0. The average molecular weight is 372 g/mol. The maximum Gasteiger partial charge on any atom is 0.0615 e. The molecule has 2 heteroatoms. The summed E-state index contributed by atoms with van der Waals surface area (Å²) in [5.74, 6) is 1.25. The van der Waals surface area contributed by atoms with E-state index in [1.165, 1.54) is 108 Å². The lowest BCUT2D eigenvalue weighted by atomic mass is 10.0. The molecule has 0 aromatic carbocycles. The van der Waals surface area contributed by atoms with Crippen LogP contribution in [0.25, 0.3) is 0 Å². The van der Waals surface area contributed by atoms with Crippen molar-refractivity contribution in [1.29, 1.82) is 0 Å². The molecule has 0 aliphatic rings. The van der Waals surface area contributed by atoms with Crippen molar-refractivity contribution in [3.63, 3.8) is 0 Å². The molecular formula is C23H49NS. The fourth-order valence-corrected chi connectivity index (χ4v) is 4.54. The Bertz CT molecular complexity index is 250. The molecule has 1 nitrogen and oxygen atoms in total. The SMILES string of the molecule is CCCCCCCCCCCCCCCCCCSC(N)(CC)CC. The average Bonchev–Trinajstić information content (AvgIpc) is 2.64. The van der Waals surface area contributed by atoms with Gasteiger partial charge in [0.15, 0.2) is 0 Å². The van der Waals surface area contributed by atoms with Gasteiger partial charge in [0.1, 0.15) is 0 Å². The Morgan fingerprint density at radius 2 is 0.840 bits per heavy atom. The van der Waals surface area contributed by atoms with E-state index in [0.29, 0.717) is 0 Å². The Morgan fingerprint density at radius 3 is 1.16 bits per heavy atom. The molecule has 0 saturated heterocycles. The van der Waals surface area contributed by atoms with Crippen LogP contribution in [0, 0.1) is 0 Å². The van der Waals surface area contributed by atoms with Crippen molar-refractivity contribution in [2.24, 2.45) is 5.73 Å². The first kappa shape index (κ1) is 25.3. The number of thioether (sulfide) groups is 1. The van der Waals surface area contributed by atoms with Gasteiger partial charge in [-0.1, -0.05) is 117 Å². The molecule has 0 aliphatic carbocycles. The zero-order chi connectivity index (χ0) is 18.6. The molecule has 0 atom stereocenters. The van der Waals surface area contributed by atoms with E-state index in [-0.39, 0.29) is 4.87 Å². The van der Waals surface area contributed by atoms with Crippen LogP contribution in [-0.4, -0.2) is 10.6 Å². The molecule has 0 radical (unpaired) electrons. The third-order valence-corrected chi connectivity index (χ3v) is 7.23. The van der Waals surface area contributed by atoms with E-state index >= 15 is 0 Å². The van der Waals surface area contributed by atoms with Gasteiger partial charge in [0, 0.05) is 0 Å². The Kier molecular flexibility index (Phi) is 19.3. The van der Waals surface area contributed by atoms with E-state index in [1.54, 1.807) is 0 Å². The first-order valence-corrected chi connectivity index (χ1v) is 12.6. The molecular weight excluding hydrogens is 322 g/mol. The van der Waals surface area contributed by atoms with Crippen molar-refractivity contribution in [3.05, 3.63) is 0 Å². The minimum absolute atomic E-state index is 0.0372. The molecule has 0 fully saturated rings. The van der Waals surface area contributed by atoms with Crippen LogP contribution in [0.2, 0.25) is 0 Å². The van der Waals surface area contributed by atoms with Crippen LogP contribution in [0.5, 0.6) is 0 Å². The minimum Gasteiger partial charge on any atom is -0.317 e. The van der Waals surface area contributed by atoms with Crippen molar-refractivity contribution >= 4 is 11.8 Å². The maximum atomic E-state index is 6.33. The van der Waals surface area contributed by atoms with Crippen molar-refractivity contribution in [2.45, 2.75) is 141 Å². The molecule has 0 unspecified atom stereocenters. The molecule has 0 rings (SSSR count). The summed E-state index contributed by atoms with van der Waals surface area (Å²) in [6.07, 6.45) is 25.3. The summed E-state index contributed by atoms with van der Waals surface area (Å²) in [5.41, 5.74) is 6.33. The molecule has 0 aromatic heterocycles. The zero-order valence-electron chi connectivity index (χ0n) is 17.9. The molecule has 2 N–H and O–H groups in total. The van der Waals surface area contributed by atoms with E-state index in [1.807, 2.05) is 11.8 Å². The number of unbranched alkanes of at least 4 members (excludes halogenated alkanes) is 15. The first-order chi connectivity index (χ1) is 12.2. The Morgan fingerprint density at radius 1 is 0.520 bits per heavy atom. The Hall–Kier alpha value is 0.310. The quantitative estimate of drug-likeness (QED) is 0.171. The Labute approximate surface area is 164 Å². The van der Waals surface area contributed by atoms with Crippen molar-refractivity contribution in [2.75, 3.05) is 5.75 Å². The highest BCUT2D eigenvalue weighted by Crippen LogP contribution is 2.27. The van der Waals surface area contributed by atoms with Crippen LogP contribution in [0.1, 0.15) is 136 Å². The van der Waals surface area contributed by atoms with Gasteiger partial charge in [0.25, 0.3) is 0 Å². The van der Waals surface area contributed by atoms with Gasteiger partial charge in [-0.05, 0) is 25.0 Å². The Balaban J connectivity index is 3.12. The van der Waals surface area contributed by atoms with Crippen molar-refractivity contribution in [3.8, 4) is 0 Å². The number of hydrogen-bond acceptors (Lipinski definition) is 2. The summed E-state index contributed by atoms with van der Waals surface area (Å²) in [4.78, 5) is 0.0372. The summed E-state index contributed by atoms with van der Waals surface area (Å²) < 4.78 is 0. The number of nitrogens with two attached hydrogens (primary N) is 1. The lowest BCUT2D eigenvalue weighted by Crippen LogP contribution is -2.34. The molecule has 0 bridgehead atoms. The summed E-state index contributed by atoms with van der Waals surface area (Å²) in [6.45, 7) is 6.72. The minimum atomic E-state index is 0.0372. The predicted molar refractivity (Wildman–Crippen MR) is 120 cm³/mol. The van der Waals surface area contributed by atoms with Gasteiger partial charge in [0.2, 0.25) is 0 Å². The van der Waals surface area contributed by atoms with E-state index in [9.17, 15) is 0 Å². The second-order valence-electron chi connectivity index (χ2n) is 7.92. The first-order valence-electron chi connectivity index (χ1n) is 11.6. The third kappa shape index (κ3) is 17.5. The molecule has 0 heterocycles. The molecule has 152 valence electrons. The smallest absolute Gasteiger partial charge is 0.0615 e. The molecule has 25 heavy (non-hydrogen) atoms. The fraction of sp³-hybridized carbons (Fsp3) is 1.00. The maximum absolute atomic E-state index is 6.33. The predicted octanol–water partition coefficient (Wildman–Crippen LogP) is 8.46. The van der Waals surface area contributed by atoms with E-state index in [4.69, 9.17) is 5.73 Å². The van der Waals surface area contributed by atoms with Gasteiger partial charge in [0.05, 0.1) is 4.87 Å². The van der Waals surface area contributed by atoms with Gasteiger partial charge in [-0.25, -0.2) is 0 Å². The van der Waals surface area contributed by atoms with Crippen LogP contribution < -0.4 is 5.73 Å². The molecule has 0 spiro atoms. The summed E-state index contributed by atoms with van der Waals surface area (Å²) in [6, 6.07) is 0. The lowest BCUT2D eigenvalue weighted by Gasteiger charge is -2.25. The second kappa shape index (κ2) is 19.1. The van der Waals surface area contributed by atoms with Crippen LogP contribution >= 0.6 is 11.8 Å². The van der Waals surface area contributed by atoms with Crippen LogP contribution in [0.3, 0.4) is 0 Å². The van der Waals surface area contributed by atoms with Crippen molar-refractivity contribution in [1.82, 2.24) is 0 Å². The van der Waals surface area contributed by atoms with Crippen LogP contribution in [0.4, 0.5) is 0 Å². The van der Waals surface area contributed by atoms with E-state index < -0.39 is 0 Å². The molecule has 0 amide bonds. The molecule has 0 aromatic rings. The highest BCUT2D eigenvalue weighted by molar-refractivity contribution is 8.00. The number of hydrogen-bond donors (Lipinski definition) is 1. The van der Waals surface area contributed by atoms with Crippen LogP contribution in [-0.2, 0) is 0 Å². The third-order valence-electron chi connectivity index (χ3n) is 5.58. The van der Waals surface area contributed by atoms with Gasteiger partial charge < -0.3 is 5.73 Å². The van der Waals surface area contributed by atoms with E-state index in [0.717, 1.165) is 12.8 Å². The van der Waals surface area contributed by atoms with Crippen LogP contribution in [0.15, 0.2) is 0 Å². The van der Waals surface area contributed by atoms with Gasteiger partial charge >= 0.3 is 0 Å². The standard InChI is InChI=1S/C23H49NS/c1-4-7-8-9-10-11-12-13-14-15-16-17-18-19-20-21-22-25-23(24,5-2)6-3/h4-22,24H2,1-3H3. The van der Waals surface area contributed by atoms with Gasteiger partial charge in [-0.3, -0.25) is 0 Å². The lowest BCUT2D eigenvalue weighted by molar-refractivity contribution is 0.531. The largest absolute Gasteiger partial charge is 0.317 e. The highest BCUT2D eigenvalue weighted by Gasteiger charge is 2.19. The topological polar surface area (TPSA) is 26.0 Å².